The Labute approximate surface area is 178 Å². The molecule has 2 aromatic rings. The number of amides is 2. The van der Waals surface area contributed by atoms with E-state index in [1.807, 2.05) is 36.4 Å². The smallest absolute Gasteiger partial charge is 0.279 e. The number of carbonyl (C=O) groups is 2. The molecule has 1 heterocycles. The number of fused-ring (bicyclic) bond motifs is 1. The second kappa shape index (κ2) is 10.3. The van der Waals surface area contributed by atoms with Crippen LogP contribution >= 0.6 is 0 Å². The Hall–Kier alpha value is -2.86. The zero-order valence-electron chi connectivity index (χ0n) is 18.0. The Morgan fingerprint density at radius 1 is 1.10 bits per heavy atom. The van der Waals surface area contributed by atoms with Crippen LogP contribution in [0.1, 0.15) is 37.0 Å². The fourth-order valence-electron chi connectivity index (χ4n) is 3.88. The fraction of sp³-hybridized carbons (Fsp3) is 0.417. The van der Waals surface area contributed by atoms with E-state index in [1.165, 1.54) is 11.1 Å². The molecule has 0 spiro atoms. The molecule has 2 amide bonds. The van der Waals surface area contributed by atoms with Crippen LogP contribution in [0.4, 0.5) is 0 Å². The van der Waals surface area contributed by atoms with Gasteiger partial charge in [-0.15, -0.1) is 0 Å². The van der Waals surface area contributed by atoms with E-state index in [2.05, 4.69) is 41.9 Å². The van der Waals surface area contributed by atoms with Crippen molar-refractivity contribution >= 4 is 11.8 Å². The summed E-state index contributed by atoms with van der Waals surface area (Å²) >= 11 is 0. The van der Waals surface area contributed by atoms with Crippen LogP contribution in [0.15, 0.2) is 48.5 Å². The van der Waals surface area contributed by atoms with Crippen molar-refractivity contribution < 1.29 is 19.6 Å². The van der Waals surface area contributed by atoms with Crippen molar-refractivity contribution in [2.24, 2.45) is 5.92 Å². The number of quaternary nitrogens is 1. The largest absolute Gasteiger partial charge is 0.496 e. The molecule has 3 rings (SSSR count). The summed E-state index contributed by atoms with van der Waals surface area (Å²) in [5, 5.41) is 8.01. The molecule has 0 saturated carbocycles. The lowest BCUT2D eigenvalue weighted by Gasteiger charge is -2.25. The molecule has 0 aliphatic carbocycles. The number of hydrogen-bond donors (Lipinski definition) is 3. The lowest BCUT2D eigenvalue weighted by atomic mass is 9.95. The van der Waals surface area contributed by atoms with Crippen LogP contribution in [0.5, 0.6) is 5.75 Å². The van der Waals surface area contributed by atoms with Crippen LogP contribution in [-0.2, 0) is 29.1 Å². The van der Waals surface area contributed by atoms with Crippen molar-refractivity contribution in [1.82, 2.24) is 10.6 Å². The summed E-state index contributed by atoms with van der Waals surface area (Å²) in [5.74, 6) is 0.767. The third-order valence-corrected chi connectivity index (χ3v) is 5.50. The number of benzene rings is 2. The molecule has 0 saturated heterocycles. The predicted octanol–water partition coefficient (Wildman–Crippen LogP) is 1.53. The summed E-state index contributed by atoms with van der Waals surface area (Å²) in [5.41, 5.74) is 3.39. The van der Waals surface area contributed by atoms with Crippen LogP contribution in [0.3, 0.4) is 0 Å². The van der Waals surface area contributed by atoms with Gasteiger partial charge in [0.1, 0.15) is 18.3 Å². The Bertz CT molecular complexity index is 882. The molecule has 4 N–H and O–H groups in total. The molecule has 1 aliphatic rings. The van der Waals surface area contributed by atoms with E-state index >= 15 is 0 Å². The van der Waals surface area contributed by atoms with Gasteiger partial charge in [-0.05, 0) is 24.0 Å². The first-order valence-electron chi connectivity index (χ1n) is 10.6. The van der Waals surface area contributed by atoms with E-state index in [4.69, 9.17) is 4.74 Å². The zero-order valence-corrected chi connectivity index (χ0v) is 18.0. The lowest BCUT2D eigenvalue weighted by Crippen LogP contribution is -2.93. The number of rotatable bonds is 8. The van der Waals surface area contributed by atoms with Gasteiger partial charge in [-0.1, -0.05) is 56.3 Å². The van der Waals surface area contributed by atoms with Gasteiger partial charge in [0.25, 0.3) is 5.91 Å². The highest BCUT2D eigenvalue weighted by Gasteiger charge is 2.31. The van der Waals surface area contributed by atoms with E-state index in [0.29, 0.717) is 19.4 Å². The van der Waals surface area contributed by atoms with Gasteiger partial charge in [-0.25, -0.2) is 0 Å². The summed E-state index contributed by atoms with van der Waals surface area (Å²) in [4.78, 5) is 25.8. The van der Waals surface area contributed by atoms with Gasteiger partial charge in [-0.2, -0.15) is 0 Å². The number of carbonyl (C=O) groups excluding carboxylic acids is 2. The maximum Gasteiger partial charge on any atom is 0.279 e. The summed E-state index contributed by atoms with van der Waals surface area (Å²) in [6, 6.07) is 15.0. The summed E-state index contributed by atoms with van der Waals surface area (Å²) in [6.45, 7) is 5.24. The van der Waals surface area contributed by atoms with Crippen LogP contribution in [0.25, 0.3) is 0 Å². The molecule has 0 aromatic heterocycles. The normalized spacial score (nSPS) is 16.5. The van der Waals surface area contributed by atoms with Gasteiger partial charge in [0.05, 0.1) is 7.11 Å². The van der Waals surface area contributed by atoms with E-state index in [-0.39, 0.29) is 23.8 Å². The number of para-hydroxylation sites is 1. The zero-order chi connectivity index (χ0) is 21.5. The first kappa shape index (κ1) is 21.8. The Kier molecular flexibility index (Phi) is 7.46. The molecular formula is C24H32N3O3+. The minimum Gasteiger partial charge on any atom is -0.496 e. The molecule has 0 bridgehead atoms. The van der Waals surface area contributed by atoms with Gasteiger partial charge in [0.2, 0.25) is 5.91 Å². The highest BCUT2D eigenvalue weighted by molar-refractivity contribution is 5.89. The molecule has 30 heavy (non-hydrogen) atoms. The Morgan fingerprint density at radius 2 is 1.80 bits per heavy atom. The van der Waals surface area contributed by atoms with Crippen molar-refractivity contribution in [1.29, 1.82) is 0 Å². The SMILES string of the molecule is COc1ccccc1CNC(=O)[C@@H](CC(C)C)NC(=O)[C@@H]1Cc2ccccc2C[NH2+]1. The molecule has 2 atom stereocenters. The summed E-state index contributed by atoms with van der Waals surface area (Å²) < 4.78 is 5.35. The van der Waals surface area contributed by atoms with E-state index in [0.717, 1.165) is 17.9 Å². The first-order valence-corrected chi connectivity index (χ1v) is 10.6. The van der Waals surface area contributed by atoms with Crippen molar-refractivity contribution in [2.75, 3.05) is 7.11 Å². The monoisotopic (exact) mass is 410 g/mol. The summed E-state index contributed by atoms with van der Waals surface area (Å²) in [7, 11) is 1.61. The third kappa shape index (κ3) is 5.60. The molecule has 1 aliphatic heterocycles. The Balaban J connectivity index is 1.62. The van der Waals surface area contributed by atoms with Gasteiger partial charge < -0.3 is 20.7 Å². The van der Waals surface area contributed by atoms with Gasteiger partial charge in [0, 0.05) is 24.1 Å². The van der Waals surface area contributed by atoms with Crippen molar-refractivity contribution in [3.8, 4) is 5.75 Å². The van der Waals surface area contributed by atoms with Crippen LogP contribution in [0, 0.1) is 5.92 Å². The maximum atomic E-state index is 12.9. The quantitative estimate of drug-likeness (QED) is 0.617. The van der Waals surface area contributed by atoms with Crippen LogP contribution < -0.4 is 20.7 Å². The molecule has 0 fully saturated rings. The van der Waals surface area contributed by atoms with Crippen LogP contribution in [0.2, 0.25) is 0 Å². The number of ether oxygens (including phenoxy) is 1. The third-order valence-electron chi connectivity index (χ3n) is 5.50. The minimum absolute atomic E-state index is 0.0809. The molecule has 6 heteroatoms. The minimum atomic E-state index is -0.558. The molecule has 0 radical (unpaired) electrons. The van der Waals surface area contributed by atoms with Crippen molar-refractivity contribution in [3.63, 3.8) is 0 Å². The van der Waals surface area contributed by atoms with Gasteiger partial charge >= 0.3 is 0 Å². The van der Waals surface area contributed by atoms with Crippen molar-refractivity contribution in [3.05, 3.63) is 65.2 Å². The first-order chi connectivity index (χ1) is 14.5. The average molecular weight is 411 g/mol. The molecule has 160 valence electrons. The van der Waals surface area contributed by atoms with Crippen LogP contribution in [-0.4, -0.2) is 31.0 Å². The molecular weight excluding hydrogens is 378 g/mol. The summed E-state index contributed by atoms with van der Waals surface area (Å²) in [6.07, 6.45) is 1.27. The maximum absolute atomic E-state index is 12.9. The van der Waals surface area contributed by atoms with E-state index < -0.39 is 6.04 Å². The standard InChI is InChI=1S/C24H31N3O3/c1-16(2)12-21(23(28)26-15-19-10-6-7-11-22(19)30-3)27-24(29)20-13-17-8-4-5-9-18(17)14-25-20/h4-11,16,20-21,25H,12-15H2,1-3H3,(H,26,28)(H,27,29)/p+1/t20-,21+/m0/s1. The highest BCUT2D eigenvalue weighted by Crippen LogP contribution is 2.17. The molecule has 0 unspecified atom stereocenters. The second-order valence-corrected chi connectivity index (χ2v) is 8.24. The van der Waals surface area contributed by atoms with Crippen molar-refractivity contribution in [2.45, 2.75) is 51.9 Å². The van der Waals surface area contributed by atoms with E-state index in [9.17, 15) is 9.59 Å². The average Bonchev–Trinajstić information content (AvgIpc) is 2.76. The second-order valence-electron chi connectivity index (χ2n) is 8.24. The lowest BCUT2D eigenvalue weighted by molar-refractivity contribution is -0.695. The topological polar surface area (TPSA) is 84.0 Å². The molecule has 2 aromatic carbocycles. The van der Waals surface area contributed by atoms with Gasteiger partial charge in [0.15, 0.2) is 6.04 Å². The van der Waals surface area contributed by atoms with Gasteiger partial charge in [-0.3, -0.25) is 9.59 Å². The fourth-order valence-corrected chi connectivity index (χ4v) is 3.88. The number of nitrogens with two attached hydrogens (primary N) is 1. The molecule has 6 nitrogen and oxygen atoms in total. The number of nitrogens with one attached hydrogen (secondary N) is 2. The predicted molar refractivity (Wildman–Crippen MR) is 116 cm³/mol. The highest BCUT2D eigenvalue weighted by atomic mass is 16.5. The van der Waals surface area contributed by atoms with E-state index in [1.54, 1.807) is 7.11 Å². The Morgan fingerprint density at radius 3 is 2.53 bits per heavy atom. The number of hydrogen-bond acceptors (Lipinski definition) is 3. The number of methoxy groups -OCH3 is 1.